The first-order chi connectivity index (χ1) is 10.1. The summed E-state index contributed by atoms with van der Waals surface area (Å²) in [5.74, 6) is -2.59. The van der Waals surface area contributed by atoms with E-state index in [9.17, 15) is 14.4 Å². The van der Waals surface area contributed by atoms with Crippen LogP contribution in [0.3, 0.4) is 0 Å². The minimum atomic E-state index is -1.25. The van der Waals surface area contributed by atoms with Gasteiger partial charge in [0.25, 0.3) is 0 Å². The third kappa shape index (κ3) is 2.05. The van der Waals surface area contributed by atoms with Gasteiger partial charge in [0, 0.05) is 11.3 Å². The smallest absolute Gasteiger partial charge is 0.250 e. The molecule has 1 aliphatic rings. The summed E-state index contributed by atoms with van der Waals surface area (Å²) >= 11 is 0. The molecule has 2 aromatic rings. The molecule has 0 spiro atoms. The van der Waals surface area contributed by atoms with Crippen LogP contribution in [0, 0.1) is 5.92 Å². The summed E-state index contributed by atoms with van der Waals surface area (Å²) in [6.07, 6.45) is 0. The van der Waals surface area contributed by atoms with Crippen molar-refractivity contribution in [1.29, 1.82) is 0 Å². The van der Waals surface area contributed by atoms with Crippen LogP contribution in [0.25, 0.3) is 0 Å². The first kappa shape index (κ1) is 13.2. The largest absolute Gasteiger partial charge is 0.299 e. The van der Waals surface area contributed by atoms with Gasteiger partial charge in [-0.25, -0.2) is 0 Å². The molecule has 2 aromatic carbocycles. The average molecular weight is 279 g/mol. The van der Waals surface area contributed by atoms with E-state index in [2.05, 4.69) is 0 Å². The Hall–Kier alpha value is -2.75. The van der Waals surface area contributed by atoms with Crippen molar-refractivity contribution in [2.24, 2.45) is 5.92 Å². The Morgan fingerprint density at radius 3 is 2.24 bits per heavy atom. The lowest BCUT2D eigenvalue weighted by molar-refractivity contribution is -0.129. The van der Waals surface area contributed by atoms with E-state index in [4.69, 9.17) is 0 Å². The Balaban J connectivity index is 2.23. The van der Waals surface area contributed by atoms with Gasteiger partial charge in [0.05, 0.1) is 5.69 Å². The van der Waals surface area contributed by atoms with E-state index in [1.807, 2.05) is 18.2 Å². The van der Waals surface area contributed by atoms with Gasteiger partial charge < -0.3 is 0 Å². The van der Waals surface area contributed by atoms with Crippen molar-refractivity contribution in [3.05, 3.63) is 60.2 Å². The molecule has 4 heteroatoms. The lowest BCUT2D eigenvalue weighted by Crippen LogP contribution is -2.45. The molecule has 0 radical (unpaired) electrons. The lowest BCUT2D eigenvalue weighted by atomic mass is 9.87. The van der Waals surface area contributed by atoms with Crippen LogP contribution in [0.1, 0.15) is 17.3 Å². The Labute approximate surface area is 122 Å². The van der Waals surface area contributed by atoms with Gasteiger partial charge >= 0.3 is 0 Å². The highest BCUT2D eigenvalue weighted by Crippen LogP contribution is 2.36. The van der Waals surface area contributed by atoms with Gasteiger partial charge in [-0.3, -0.25) is 19.3 Å². The van der Waals surface area contributed by atoms with E-state index in [1.165, 1.54) is 11.8 Å². The summed E-state index contributed by atoms with van der Waals surface area (Å²) in [6, 6.07) is 15.9. The maximum Gasteiger partial charge on any atom is 0.250 e. The maximum absolute atomic E-state index is 12.6. The number of rotatable bonds is 2. The Bertz CT molecular complexity index is 737. The zero-order valence-electron chi connectivity index (χ0n) is 11.4. The van der Waals surface area contributed by atoms with Gasteiger partial charge in [0.1, 0.15) is 5.78 Å². The van der Waals surface area contributed by atoms with Crippen molar-refractivity contribution in [2.45, 2.75) is 6.92 Å². The van der Waals surface area contributed by atoms with E-state index in [1.54, 1.807) is 36.4 Å². The SMILES string of the molecule is CC(=O)[C@@H]1C(=O)c2ccccc2N(c2ccccc2)C1=O. The molecule has 1 amide bonds. The predicted molar refractivity (Wildman–Crippen MR) is 78.5 cm³/mol. The minimum absolute atomic E-state index is 0.404. The van der Waals surface area contributed by atoms with E-state index >= 15 is 0 Å². The third-order valence-electron chi connectivity index (χ3n) is 3.56. The van der Waals surface area contributed by atoms with Crippen LogP contribution in [0.5, 0.6) is 0 Å². The number of nitrogens with zero attached hydrogens (tertiary/aromatic N) is 1. The quantitative estimate of drug-likeness (QED) is 0.794. The topological polar surface area (TPSA) is 54.5 Å². The molecular formula is C17H13NO3. The summed E-state index contributed by atoms with van der Waals surface area (Å²) in [5, 5.41) is 0. The summed E-state index contributed by atoms with van der Waals surface area (Å²) < 4.78 is 0. The summed E-state index contributed by atoms with van der Waals surface area (Å²) in [5.41, 5.74) is 1.58. The fraction of sp³-hybridized carbons (Fsp3) is 0.118. The first-order valence-electron chi connectivity index (χ1n) is 6.64. The van der Waals surface area contributed by atoms with Gasteiger partial charge in [0.2, 0.25) is 5.91 Å². The molecule has 0 N–H and O–H groups in total. The minimum Gasteiger partial charge on any atom is -0.299 e. The van der Waals surface area contributed by atoms with Crippen LogP contribution in [-0.4, -0.2) is 17.5 Å². The van der Waals surface area contributed by atoms with Crippen molar-refractivity contribution >= 4 is 28.8 Å². The standard InChI is InChI=1S/C17H13NO3/c1-11(19)15-16(20)13-9-5-6-10-14(13)18(17(15)21)12-7-3-2-4-8-12/h2-10,15H,1H3/t15-/m1/s1. The number of Topliss-reactive ketones (excluding diaryl/α,β-unsaturated/α-hetero) is 2. The maximum atomic E-state index is 12.6. The number of ketones is 2. The Morgan fingerprint density at radius 2 is 1.57 bits per heavy atom. The zero-order chi connectivity index (χ0) is 15.0. The van der Waals surface area contributed by atoms with Crippen molar-refractivity contribution in [3.63, 3.8) is 0 Å². The molecule has 0 saturated carbocycles. The van der Waals surface area contributed by atoms with Crippen LogP contribution in [0.2, 0.25) is 0 Å². The normalized spacial score (nSPS) is 17.6. The molecule has 0 unspecified atom stereocenters. The highest BCUT2D eigenvalue weighted by molar-refractivity contribution is 6.32. The zero-order valence-corrected chi connectivity index (χ0v) is 11.4. The fourth-order valence-corrected chi connectivity index (χ4v) is 2.59. The monoisotopic (exact) mass is 279 g/mol. The summed E-state index contributed by atoms with van der Waals surface area (Å²) in [7, 11) is 0. The van der Waals surface area contributed by atoms with Crippen LogP contribution in [-0.2, 0) is 9.59 Å². The summed E-state index contributed by atoms with van der Waals surface area (Å²) in [6.45, 7) is 1.28. The van der Waals surface area contributed by atoms with E-state index in [0.29, 0.717) is 16.9 Å². The molecule has 0 saturated heterocycles. The number of fused-ring (bicyclic) bond motifs is 1. The van der Waals surface area contributed by atoms with Crippen LogP contribution < -0.4 is 4.90 Å². The molecule has 1 heterocycles. The van der Waals surface area contributed by atoms with Crippen molar-refractivity contribution in [1.82, 2.24) is 0 Å². The second-order valence-electron chi connectivity index (χ2n) is 4.93. The van der Waals surface area contributed by atoms with Gasteiger partial charge in [-0.05, 0) is 31.2 Å². The number of benzene rings is 2. The number of hydrogen-bond acceptors (Lipinski definition) is 3. The molecule has 1 aliphatic heterocycles. The fourth-order valence-electron chi connectivity index (χ4n) is 2.59. The molecule has 0 fully saturated rings. The number of hydrogen-bond donors (Lipinski definition) is 0. The van der Waals surface area contributed by atoms with E-state index in [0.717, 1.165) is 0 Å². The number of anilines is 2. The van der Waals surface area contributed by atoms with Crippen LogP contribution in [0.15, 0.2) is 54.6 Å². The van der Waals surface area contributed by atoms with E-state index < -0.39 is 23.4 Å². The van der Waals surface area contributed by atoms with Gasteiger partial charge in [-0.1, -0.05) is 30.3 Å². The molecule has 0 bridgehead atoms. The van der Waals surface area contributed by atoms with E-state index in [-0.39, 0.29) is 0 Å². The number of carbonyl (C=O) groups excluding carboxylic acids is 3. The van der Waals surface area contributed by atoms with Gasteiger partial charge in [-0.15, -0.1) is 0 Å². The second kappa shape index (κ2) is 4.98. The molecule has 0 aromatic heterocycles. The van der Waals surface area contributed by atoms with Crippen LogP contribution >= 0.6 is 0 Å². The Morgan fingerprint density at radius 1 is 0.952 bits per heavy atom. The van der Waals surface area contributed by atoms with Crippen molar-refractivity contribution < 1.29 is 14.4 Å². The van der Waals surface area contributed by atoms with Crippen molar-refractivity contribution in [3.8, 4) is 0 Å². The highest BCUT2D eigenvalue weighted by atomic mass is 16.2. The van der Waals surface area contributed by atoms with Gasteiger partial charge in [-0.2, -0.15) is 0 Å². The first-order valence-corrected chi connectivity index (χ1v) is 6.64. The number of para-hydroxylation sites is 2. The molecule has 21 heavy (non-hydrogen) atoms. The summed E-state index contributed by atoms with van der Waals surface area (Å²) in [4.78, 5) is 38.2. The third-order valence-corrected chi connectivity index (χ3v) is 3.56. The van der Waals surface area contributed by atoms with Gasteiger partial charge in [0.15, 0.2) is 11.7 Å². The van der Waals surface area contributed by atoms with Crippen LogP contribution in [0.4, 0.5) is 11.4 Å². The average Bonchev–Trinajstić information content (AvgIpc) is 2.48. The molecular weight excluding hydrogens is 266 g/mol. The van der Waals surface area contributed by atoms with Crippen molar-refractivity contribution in [2.75, 3.05) is 4.90 Å². The molecule has 1 atom stereocenters. The Kier molecular flexibility index (Phi) is 3.14. The lowest BCUT2D eigenvalue weighted by Gasteiger charge is -2.32. The molecule has 0 aliphatic carbocycles. The second-order valence-corrected chi connectivity index (χ2v) is 4.93. The number of amides is 1. The molecule has 104 valence electrons. The molecule has 4 nitrogen and oxygen atoms in total. The molecule has 3 rings (SSSR count). The number of carbonyl (C=O) groups is 3. The predicted octanol–water partition coefficient (Wildman–Crippen LogP) is 2.75. The highest BCUT2D eigenvalue weighted by Gasteiger charge is 2.42.